The first-order chi connectivity index (χ1) is 10.6. The van der Waals surface area contributed by atoms with Crippen molar-refractivity contribution in [2.45, 2.75) is 59.6 Å². The van der Waals surface area contributed by atoms with Crippen LogP contribution in [-0.4, -0.2) is 24.3 Å². The molecule has 0 saturated carbocycles. The lowest BCUT2D eigenvalue weighted by molar-refractivity contribution is 0.0491. The van der Waals surface area contributed by atoms with Gasteiger partial charge in [0.25, 0.3) is 0 Å². The van der Waals surface area contributed by atoms with Crippen LogP contribution in [0.2, 0.25) is 0 Å². The van der Waals surface area contributed by atoms with Crippen LogP contribution in [0.4, 0.5) is 4.79 Å². The van der Waals surface area contributed by atoms with Crippen molar-refractivity contribution in [3.63, 3.8) is 0 Å². The monoisotopic (exact) mass is 385 g/mol. The summed E-state index contributed by atoms with van der Waals surface area (Å²) in [6.45, 7) is 12.3. The Morgan fingerprint density at radius 1 is 1.30 bits per heavy atom. The number of aryl methyl sites for hydroxylation is 1. The summed E-state index contributed by atoms with van der Waals surface area (Å²) in [4.78, 5) is 12.0. The third kappa shape index (κ3) is 8.26. The van der Waals surface area contributed by atoms with Crippen LogP contribution in [0.1, 0.15) is 46.6 Å². The van der Waals surface area contributed by atoms with E-state index in [1.165, 1.54) is 0 Å². The number of halogens is 1. The van der Waals surface area contributed by atoms with Crippen LogP contribution in [0.5, 0.6) is 5.75 Å². The van der Waals surface area contributed by atoms with Gasteiger partial charge in [0.05, 0.1) is 0 Å². The fourth-order valence-electron chi connectivity index (χ4n) is 2.12. The number of rotatable bonds is 6. The topological polar surface area (TPSA) is 47.6 Å². The van der Waals surface area contributed by atoms with E-state index in [1.807, 2.05) is 45.9 Å². The normalized spacial score (nSPS) is 12.9. The van der Waals surface area contributed by atoms with E-state index < -0.39 is 6.09 Å². The summed E-state index contributed by atoms with van der Waals surface area (Å²) in [5, 5.41) is 2.82. The fourth-order valence-corrected chi connectivity index (χ4v) is 2.60. The van der Waals surface area contributed by atoms with Crippen LogP contribution >= 0.6 is 15.9 Å². The number of benzene rings is 1. The molecule has 1 aromatic rings. The number of hydrogen-bond acceptors (Lipinski definition) is 3. The zero-order chi connectivity index (χ0) is 17.6. The summed E-state index contributed by atoms with van der Waals surface area (Å²) in [7, 11) is 0. The van der Waals surface area contributed by atoms with Crippen LogP contribution in [-0.2, 0) is 4.74 Å². The van der Waals surface area contributed by atoms with Crippen molar-refractivity contribution in [1.82, 2.24) is 5.32 Å². The van der Waals surface area contributed by atoms with Crippen molar-refractivity contribution in [1.29, 1.82) is 0 Å². The van der Waals surface area contributed by atoms with Crippen LogP contribution in [0.15, 0.2) is 22.7 Å². The second kappa shape index (κ2) is 8.57. The summed E-state index contributed by atoms with van der Waals surface area (Å²) < 4.78 is 12.4. The molecule has 0 spiro atoms. The Morgan fingerprint density at radius 2 is 1.96 bits per heavy atom. The largest absolute Gasteiger partial charge is 0.489 e. The minimum absolute atomic E-state index is 0.277. The van der Waals surface area contributed by atoms with Crippen molar-refractivity contribution < 1.29 is 14.3 Å². The van der Waals surface area contributed by atoms with E-state index in [2.05, 4.69) is 35.1 Å². The van der Waals surface area contributed by atoms with Gasteiger partial charge in [-0.3, -0.25) is 0 Å². The molecule has 5 heteroatoms. The van der Waals surface area contributed by atoms with Crippen LogP contribution in [0.3, 0.4) is 0 Å². The highest BCUT2D eigenvalue weighted by atomic mass is 79.9. The molecule has 1 N–H and O–H groups in total. The molecule has 0 aliphatic carbocycles. The third-order valence-electron chi connectivity index (χ3n) is 3.05. The molecule has 1 rings (SSSR count). The molecular weight excluding hydrogens is 358 g/mol. The second-order valence-corrected chi connectivity index (χ2v) is 8.17. The van der Waals surface area contributed by atoms with E-state index in [9.17, 15) is 4.79 Å². The Labute approximate surface area is 148 Å². The predicted octanol–water partition coefficient (Wildman–Crippen LogP) is 5.08. The van der Waals surface area contributed by atoms with E-state index in [0.717, 1.165) is 22.2 Å². The van der Waals surface area contributed by atoms with Crippen LogP contribution in [0.25, 0.3) is 0 Å². The zero-order valence-corrected chi connectivity index (χ0v) is 16.5. The van der Waals surface area contributed by atoms with Crippen molar-refractivity contribution in [3.05, 3.63) is 28.2 Å². The van der Waals surface area contributed by atoms with E-state index in [4.69, 9.17) is 9.47 Å². The lowest BCUT2D eigenvalue weighted by Gasteiger charge is -2.25. The maximum Gasteiger partial charge on any atom is 0.407 e. The van der Waals surface area contributed by atoms with Gasteiger partial charge >= 0.3 is 6.09 Å². The lowest BCUT2D eigenvalue weighted by Crippen LogP contribution is -2.43. The Balaban J connectivity index is 2.65. The predicted molar refractivity (Wildman–Crippen MR) is 97.0 cm³/mol. The number of nitrogens with one attached hydrogen (secondary N) is 1. The second-order valence-electron chi connectivity index (χ2n) is 7.25. The molecule has 4 nitrogen and oxygen atoms in total. The first-order valence-corrected chi connectivity index (χ1v) is 8.74. The molecule has 0 aliphatic heterocycles. The first kappa shape index (κ1) is 19.8. The van der Waals surface area contributed by atoms with E-state index in [-0.39, 0.29) is 11.6 Å². The van der Waals surface area contributed by atoms with Gasteiger partial charge in [-0.15, -0.1) is 0 Å². The Bertz CT molecular complexity index is 523. The number of hydrogen-bond donors (Lipinski definition) is 1. The van der Waals surface area contributed by atoms with Crippen molar-refractivity contribution >= 4 is 22.0 Å². The highest BCUT2D eigenvalue weighted by Crippen LogP contribution is 2.23. The molecule has 1 aromatic carbocycles. The van der Waals surface area contributed by atoms with Crippen LogP contribution < -0.4 is 10.1 Å². The molecule has 1 atom stereocenters. The molecule has 0 saturated heterocycles. The molecule has 130 valence electrons. The van der Waals surface area contributed by atoms with Gasteiger partial charge < -0.3 is 14.8 Å². The molecule has 0 unspecified atom stereocenters. The highest BCUT2D eigenvalue weighted by Gasteiger charge is 2.21. The standard InChI is InChI=1S/C18H28BrNO3/c1-12(2)9-15(23-17(21)20-18(4,5)6)11-22-16-8-7-14(19)10-13(16)3/h7-8,10,12,15H,9,11H2,1-6H3,(H,20,21)/t15-/m0/s1. The van der Waals surface area contributed by atoms with Crippen molar-refractivity contribution in [2.75, 3.05) is 6.61 Å². The summed E-state index contributed by atoms with van der Waals surface area (Å²) in [6, 6.07) is 5.86. The smallest absolute Gasteiger partial charge is 0.407 e. The number of carbonyl (C=O) groups excluding carboxylic acids is 1. The Morgan fingerprint density at radius 3 is 2.48 bits per heavy atom. The fraction of sp³-hybridized carbons (Fsp3) is 0.611. The molecule has 0 heterocycles. The molecule has 0 bridgehead atoms. The molecule has 23 heavy (non-hydrogen) atoms. The molecule has 0 aromatic heterocycles. The third-order valence-corrected chi connectivity index (χ3v) is 3.54. The lowest BCUT2D eigenvalue weighted by atomic mass is 10.1. The van der Waals surface area contributed by atoms with E-state index >= 15 is 0 Å². The average molecular weight is 386 g/mol. The maximum atomic E-state index is 12.0. The molecule has 0 fully saturated rings. The van der Waals surface area contributed by atoms with E-state index in [1.54, 1.807) is 0 Å². The van der Waals surface area contributed by atoms with E-state index in [0.29, 0.717) is 12.5 Å². The number of alkyl carbamates (subject to hydrolysis) is 1. The van der Waals surface area contributed by atoms with Gasteiger partial charge in [-0.2, -0.15) is 0 Å². The number of carbonyl (C=O) groups is 1. The quantitative estimate of drug-likeness (QED) is 0.742. The minimum atomic E-state index is -0.403. The van der Waals surface area contributed by atoms with Gasteiger partial charge in [0.2, 0.25) is 0 Å². The Kier molecular flexibility index (Phi) is 7.39. The maximum absolute atomic E-state index is 12.0. The summed E-state index contributed by atoms with van der Waals surface area (Å²) in [5.74, 6) is 1.22. The van der Waals surface area contributed by atoms with Gasteiger partial charge in [-0.25, -0.2) is 4.79 Å². The van der Waals surface area contributed by atoms with Gasteiger partial charge in [-0.1, -0.05) is 29.8 Å². The summed E-state index contributed by atoms with van der Waals surface area (Å²) in [5.41, 5.74) is 0.726. The molecule has 1 amide bonds. The van der Waals surface area contributed by atoms with Gasteiger partial charge in [0.15, 0.2) is 0 Å². The van der Waals surface area contributed by atoms with Gasteiger partial charge in [-0.05, 0) is 63.8 Å². The molecule has 0 aliphatic rings. The number of ether oxygens (including phenoxy) is 2. The minimum Gasteiger partial charge on any atom is -0.489 e. The van der Waals surface area contributed by atoms with Gasteiger partial charge in [0.1, 0.15) is 18.5 Å². The summed E-state index contributed by atoms with van der Waals surface area (Å²) in [6.07, 6.45) is 0.0762. The Hall–Kier alpha value is -1.23. The van der Waals surface area contributed by atoms with Crippen molar-refractivity contribution in [3.8, 4) is 5.75 Å². The first-order valence-electron chi connectivity index (χ1n) is 7.94. The highest BCUT2D eigenvalue weighted by molar-refractivity contribution is 9.10. The van der Waals surface area contributed by atoms with Gasteiger partial charge in [0, 0.05) is 10.0 Å². The molecular formula is C18H28BrNO3. The molecule has 0 radical (unpaired) electrons. The zero-order valence-electron chi connectivity index (χ0n) is 14.9. The number of amides is 1. The average Bonchev–Trinajstić information content (AvgIpc) is 2.34. The summed E-state index contributed by atoms with van der Waals surface area (Å²) >= 11 is 3.44. The van der Waals surface area contributed by atoms with Crippen LogP contribution in [0, 0.1) is 12.8 Å². The van der Waals surface area contributed by atoms with Crippen molar-refractivity contribution in [2.24, 2.45) is 5.92 Å². The SMILES string of the molecule is Cc1cc(Br)ccc1OC[C@H](CC(C)C)OC(=O)NC(C)(C)C.